The van der Waals surface area contributed by atoms with Crippen molar-refractivity contribution < 1.29 is 22.7 Å². The first-order valence-corrected chi connectivity index (χ1v) is 8.65. The third-order valence-corrected chi connectivity index (χ3v) is 4.54. The highest BCUT2D eigenvalue weighted by atomic mass is 32.2. The Hall–Kier alpha value is -2.91. The van der Waals surface area contributed by atoms with E-state index in [0.717, 1.165) is 0 Å². The molecule has 0 aliphatic rings. The summed E-state index contributed by atoms with van der Waals surface area (Å²) < 4.78 is 30.0. The number of nitrogens with zero attached hydrogens (tertiary/aromatic N) is 1. The number of hydrazine groups is 1. The molecule has 0 bridgehead atoms. The Morgan fingerprint density at radius 1 is 1.00 bits per heavy atom. The lowest BCUT2D eigenvalue weighted by molar-refractivity contribution is 0.0769. The molecule has 0 fully saturated rings. The van der Waals surface area contributed by atoms with E-state index in [2.05, 4.69) is 5.32 Å². The molecule has 8 nitrogen and oxygen atoms in total. The standard InChI is InChI=1S/C16H17N3O5S/c1-17-16(21)19(15(20)13-10-6-7-11-14(13)24-2)18-25(22,23)12-8-4-3-5-9-12/h3-11,18H,1-2H3,(H,17,21). The monoisotopic (exact) mass is 363 g/mol. The van der Waals surface area contributed by atoms with Gasteiger partial charge in [-0.25, -0.2) is 13.2 Å². The first-order chi connectivity index (χ1) is 11.9. The Labute approximate surface area is 145 Å². The van der Waals surface area contributed by atoms with Crippen LogP contribution in [0.3, 0.4) is 0 Å². The van der Waals surface area contributed by atoms with Gasteiger partial charge >= 0.3 is 6.03 Å². The summed E-state index contributed by atoms with van der Waals surface area (Å²) in [5, 5.41) is 2.61. The molecule has 25 heavy (non-hydrogen) atoms. The van der Waals surface area contributed by atoms with Crippen molar-refractivity contribution in [2.24, 2.45) is 0 Å². The average Bonchev–Trinajstić information content (AvgIpc) is 2.65. The Balaban J connectivity index is 2.40. The van der Waals surface area contributed by atoms with Crippen molar-refractivity contribution in [2.45, 2.75) is 4.90 Å². The van der Waals surface area contributed by atoms with E-state index >= 15 is 0 Å². The van der Waals surface area contributed by atoms with Gasteiger partial charge in [-0.2, -0.15) is 5.01 Å². The number of rotatable bonds is 5. The summed E-state index contributed by atoms with van der Waals surface area (Å²) in [6, 6.07) is 12.6. The molecule has 2 N–H and O–H groups in total. The minimum absolute atomic E-state index is 0.0318. The Kier molecular flexibility index (Phi) is 5.73. The zero-order valence-electron chi connectivity index (χ0n) is 13.6. The van der Waals surface area contributed by atoms with Crippen molar-refractivity contribution in [1.82, 2.24) is 15.2 Å². The minimum atomic E-state index is -4.13. The summed E-state index contributed by atoms with van der Waals surface area (Å²) in [7, 11) is -1.49. The number of carbonyl (C=O) groups excluding carboxylic acids is 2. The van der Waals surface area contributed by atoms with Crippen LogP contribution in [0.2, 0.25) is 0 Å². The van der Waals surface area contributed by atoms with Crippen LogP contribution in [0.15, 0.2) is 59.5 Å². The van der Waals surface area contributed by atoms with Crippen molar-refractivity contribution in [1.29, 1.82) is 0 Å². The van der Waals surface area contributed by atoms with Gasteiger partial charge in [-0.15, -0.1) is 4.83 Å². The van der Waals surface area contributed by atoms with Gasteiger partial charge in [0.15, 0.2) is 0 Å². The van der Waals surface area contributed by atoms with E-state index < -0.39 is 22.0 Å². The molecule has 0 radical (unpaired) electrons. The van der Waals surface area contributed by atoms with Gasteiger partial charge in [0.2, 0.25) is 0 Å². The topological polar surface area (TPSA) is 105 Å². The van der Waals surface area contributed by atoms with Crippen molar-refractivity contribution in [3.63, 3.8) is 0 Å². The molecule has 2 aromatic carbocycles. The van der Waals surface area contributed by atoms with Crippen molar-refractivity contribution in [3.05, 3.63) is 60.2 Å². The van der Waals surface area contributed by atoms with E-state index in [4.69, 9.17) is 4.74 Å². The number of carbonyl (C=O) groups is 2. The Bertz CT molecular complexity index is 868. The Morgan fingerprint density at radius 3 is 2.20 bits per heavy atom. The highest BCUT2D eigenvalue weighted by molar-refractivity contribution is 7.89. The molecule has 0 heterocycles. The molecular weight excluding hydrogens is 346 g/mol. The summed E-state index contributed by atoms with van der Waals surface area (Å²) in [6.07, 6.45) is 0. The predicted octanol–water partition coefficient (Wildman–Crippen LogP) is 1.37. The van der Waals surface area contributed by atoms with E-state index in [1.807, 2.05) is 4.83 Å². The molecule has 2 aromatic rings. The summed E-state index contributed by atoms with van der Waals surface area (Å²) in [5.74, 6) is -0.670. The lowest BCUT2D eigenvalue weighted by atomic mass is 10.2. The van der Waals surface area contributed by atoms with Gasteiger partial charge in [-0.05, 0) is 24.3 Å². The van der Waals surface area contributed by atoms with Crippen LogP contribution >= 0.6 is 0 Å². The molecule has 9 heteroatoms. The van der Waals surface area contributed by atoms with Gasteiger partial charge in [0.05, 0.1) is 17.6 Å². The molecule has 0 spiro atoms. The second-order valence-electron chi connectivity index (χ2n) is 4.80. The number of hydrogen-bond donors (Lipinski definition) is 2. The number of sulfonamides is 1. The third kappa shape index (κ3) is 4.14. The lowest BCUT2D eigenvalue weighted by Gasteiger charge is -2.21. The van der Waals surface area contributed by atoms with E-state index in [0.29, 0.717) is 5.01 Å². The second-order valence-corrected chi connectivity index (χ2v) is 6.46. The van der Waals surface area contributed by atoms with Crippen LogP contribution in [0.1, 0.15) is 10.4 Å². The van der Waals surface area contributed by atoms with Gasteiger partial charge in [0.1, 0.15) is 5.75 Å². The highest BCUT2D eigenvalue weighted by Gasteiger charge is 2.29. The molecule has 0 aliphatic carbocycles. The van der Waals surface area contributed by atoms with E-state index in [9.17, 15) is 18.0 Å². The van der Waals surface area contributed by atoms with Gasteiger partial charge in [0.25, 0.3) is 15.9 Å². The van der Waals surface area contributed by atoms with E-state index in [-0.39, 0.29) is 16.2 Å². The highest BCUT2D eigenvalue weighted by Crippen LogP contribution is 2.19. The number of benzene rings is 2. The fraction of sp³-hybridized carbons (Fsp3) is 0.125. The normalized spacial score (nSPS) is 10.8. The summed E-state index contributed by atoms with van der Waals surface area (Å²) >= 11 is 0. The molecule has 0 aliphatic heterocycles. The first-order valence-electron chi connectivity index (χ1n) is 7.17. The van der Waals surface area contributed by atoms with Crippen LogP contribution in [0.4, 0.5) is 4.79 Å². The number of para-hydroxylation sites is 1. The molecule has 0 aromatic heterocycles. The van der Waals surface area contributed by atoms with Gasteiger partial charge in [-0.3, -0.25) is 4.79 Å². The number of imide groups is 1. The zero-order valence-corrected chi connectivity index (χ0v) is 14.4. The maximum atomic E-state index is 12.7. The SMILES string of the molecule is CNC(=O)N(NS(=O)(=O)c1ccccc1)C(=O)c1ccccc1OC. The maximum absolute atomic E-state index is 12.7. The second kappa shape index (κ2) is 7.77. The third-order valence-electron chi connectivity index (χ3n) is 3.22. The van der Waals surface area contributed by atoms with E-state index in [1.54, 1.807) is 18.2 Å². The minimum Gasteiger partial charge on any atom is -0.496 e. The number of ether oxygens (including phenoxy) is 1. The molecule has 3 amide bonds. The van der Waals surface area contributed by atoms with Crippen LogP contribution in [0.5, 0.6) is 5.75 Å². The summed E-state index contributed by atoms with van der Waals surface area (Å²) in [4.78, 5) is 26.7. The fourth-order valence-corrected chi connectivity index (χ4v) is 3.03. The van der Waals surface area contributed by atoms with Gasteiger partial charge < -0.3 is 10.1 Å². The lowest BCUT2D eigenvalue weighted by Crippen LogP contribution is -2.52. The maximum Gasteiger partial charge on any atom is 0.339 e. The van der Waals surface area contributed by atoms with Crippen LogP contribution in [0, 0.1) is 0 Å². The van der Waals surface area contributed by atoms with Gasteiger partial charge in [-0.1, -0.05) is 30.3 Å². The van der Waals surface area contributed by atoms with Crippen molar-refractivity contribution >= 4 is 22.0 Å². The first kappa shape index (κ1) is 18.4. The van der Waals surface area contributed by atoms with E-state index in [1.165, 1.54) is 50.6 Å². The Morgan fingerprint density at radius 2 is 1.60 bits per heavy atom. The summed E-state index contributed by atoms with van der Waals surface area (Å²) in [6.45, 7) is 0. The molecule has 2 rings (SSSR count). The van der Waals surface area contributed by atoms with Crippen LogP contribution in [0.25, 0.3) is 0 Å². The smallest absolute Gasteiger partial charge is 0.339 e. The van der Waals surface area contributed by atoms with Crippen LogP contribution in [-0.2, 0) is 10.0 Å². The molecule has 0 saturated heterocycles. The largest absolute Gasteiger partial charge is 0.496 e. The molecule has 132 valence electrons. The van der Waals surface area contributed by atoms with Gasteiger partial charge in [0, 0.05) is 7.05 Å². The predicted molar refractivity (Wildman–Crippen MR) is 90.4 cm³/mol. The number of methoxy groups -OCH3 is 1. The molecular formula is C16H17N3O5S. The van der Waals surface area contributed by atoms with Crippen LogP contribution in [-0.4, -0.2) is 39.5 Å². The zero-order chi connectivity index (χ0) is 18.4. The molecule has 0 unspecified atom stereocenters. The summed E-state index contributed by atoms with van der Waals surface area (Å²) in [5.41, 5.74) is 0.0318. The number of hydrogen-bond acceptors (Lipinski definition) is 5. The van der Waals surface area contributed by atoms with Crippen molar-refractivity contribution in [3.8, 4) is 5.75 Å². The fourth-order valence-electron chi connectivity index (χ4n) is 2.00. The number of amides is 3. The molecule has 0 atom stereocenters. The average molecular weight is 363 g/mol. The molecule has 0 saturated carbocycles. The number of urea groups is 1. The van der Waals surface area contributed by atoms with Crippen LogP contribution < -0.4 is 14.9 Å². The quantitative estimate of drug-likeness (QED) is 0.781. The van der Waals surface area contributed by atoms with Crippen molar-refractivity contribution in [2.75, 3.05) is 14.2 Å². The number of nitrogens with one attached hydrogen (secondary N) is 2.